The van der Waals surface area contributed by atoms with Gasteiger partial charge >= 0.3 is 5.97 Å². The number of nitrogens with two attached hydrogens (primary N) is 1. The predicted octanol–water partition coefficient (Wildman–Crippen LogP) is 3.31. The van der Waals surface area contributed by atoms with Crippen LogP contribution in [0.15, 0.2) is 28.1 Å². The largest absolute Gasteiger partial charge is 0.480 e. The highest BCUT2D eigenvalue weighted by molar-refractivity contribution is 9.10. The Hall–Kier alpha value is -0.950. The predicted molar refractivity (Wildman–Crippen MR) is 74.8 cm³/mol. The summed E-state index contributed by atoms with van der Waals surface area (Å²) in [5.74, 6) is -1.09. The van der Waals surface area contributed by atoms with Crippen LogP contribution in [0.5, 0.6) is 0 Å². The average molecular weight is 348 g/mol. The van der Waals surface area contributed by atoms with Gasteiger partial charge in [-0.05, 0) is 28.1 Å². The number of thiazole rings is 1. The van der Waals surface area contributed by atoms with Crippen molar-refractivity contribution >= 4 is 44.8 Å². The van der Waals surface area contributed by atoms with Crippen LogP contribution >= 0.6 is 38.9 Å². The summed E-state index contributed by atoms with van der Waals surface area (Å²) in [6.07, 6.45) is 0. The van der Waals surface area contributed by atoms with Crippen molar-refractivity contribution < 1.29 is 9.90 Å². The second-order valence-electron chi connectivity index (χ2n) is 3.52. The Labute approximate surface area is 121 Å². The zero-order valence-electron chi connectivity index (χ0n) is 8.93. The van der Waals surface area contributed by atoms with E-state index in [9.17, 15) is 4.79 Å². The standard InChI is InChI=1S/C11H8BrClN2O2S/c12-6-3-5(1-2-7(6)13)10-15-8(4-18-10)9(14)11(16)17/h1-4,9H,14H2,(H,16,17). The first-order chi connectivity index (χ1) is 8.49. The van der Waals surface area contributed by atoms with Crippen molar-refractivity contribution in [2.45, 2.75) is 6.04 Å². The van der Waals surface area contributed by atoms with Crippen LogP contribution in [0.25, 0.3) is 10.6 Å². The van der Waals surface area contributed by atoms with Crippen molar-refractivity contribution in [2.75, 3.05) is 0 Å². The minimum Gasteiger partial charge on any atom is -0.480 e. The van der Waals surface area contributed by atoms with E-state index in [1.165, 1.54) is 11.3 Å². The van der Waals surface area contributed by atoms with Crippen molar-refractivity contribution in [1.82, 2.24) is 4.98 Å². The fraction of sp³-hybridized carbons (Fsp3) is 0.0909. The number of hydrogen-bond acceptors (Lipinski definition) is 4. The molecule has 1 aromatic carbocycles. The first-order valence-corrected chi connectivity index (χ1v) is 6.93. The minimum absolute atomic E-state index is 0.355. The Morgan fingerprint density at radius 3 is 2.89 bits per heavy atom. The highest BCUT2D eigenvalue weighted by atomic mass is 79.9. The number of carbonyl (C=O) groups is 1. The zero-order valence-corrected chi connectivity index (χ0v) is 12.1. The van der Waals surface area contributed by atoms with Gasteiger partial charge in [-0.1, -0.05) is 17.7 Å². The number of halogens is 2. The maximum Gasteiger partial charge on any atom is 0.326 e. The summed E-state index contributed by atoms with van der Waals surface area (Å²) >= 11 is 10.6. The first-order valence-electron chi connectivity index (χ1n) is 4.88. The third-order valence-electron chi connectivity index (χ3n) is 2.27. The number of carboxylic acids is 1. The van der Waals surface area contributed by atoms with E-state index >= 15 is 0 Å². The third-order valence-corrected chi connectivity index (χ3v) is 4.40. The number of nitrogens with zero attached hydrogens (tertiary/aromatic N) is 1. The Kier molecular flexibility index (Phi) is 4.01. The molecule has 1 heterocycles. The van der Waals surface area contributed by atoms with Gasteiger partial charge in [0.1, 0.15) is 11.0 Å². The third kappa shape index (κ3) is 2.72. The molecule has 0 spiro atoms. The van der Waals surface area contributed by atoms with Gasteiger partial charge in [-0.3, -0.25) is 4.79 Å². The molecule has 94 valence electrons. The van der Waals surface area contributed by atoms with Crippen molar-refractivity contribution in [1.29, 1.82) is 0 Å². The molecule has 2 rings (SSSR count). The van der Waals surface area contributed by atoms with Crippen LogP contribution in [0.1, 0.15) is 11.7 Å². The maximum atomic E-state index is 10.8. The number of aromatic nitrogens is 1. The van der Waals surface area contributed by atoms with Crippen LogP contribution in [0.2, 0.25) is 5.02 Å². The molecular weight excluding hydrogens is 340 g/mol. The summed E-state index contributed by atoms with van der Waals surface area (Å²) in [5.41, 5.74) is 6.71. The lowest BCUT2D eigenvalue weighted by atomic mass is 10.2. The average Bonchev–Trinajstić information content (AvgIpc) is 2.81. The summed E-state index contributed by atoms with van der Waals surface area (Å²) in [4.78, 5) is 15.0. The monoisotopic (exact) mass is 346 g/mol. The number of hydrogen-bond donors (Lipinski definition) is 2. The molecule has 0 fully saturated rings. The quantitative estimate of drug-likeness (QED) is 0.893. The van der Waals surface area contributed by atoms with Crippen LogP contribution < -0.4 is 5.73 Å². The molecule has 7 heteroatoms. The number of aliphatic carboxylic acids is 1. The molecule has 2 aromatic rings. The molecule has 1 unspecified atom stereocenters. The van der Waals surface area contributed by atoms with Crippen molar-refractivity contribution in [3.63, 3.8) is 0 Å². The molecule has 0 aliphatic carbocycles. The van der Waals surface area contributed by atoms with E-state index in [1.807, 2.05) is 12.1 Å². The summed E-state index contributed by atoms with van der Waals surface area (Å²) in [5, 5.41) is 11.8. The van der Waals surface area contributed by atoms with Crippen molar-refractivity contribution in [2.24, 2.45) is 5.73 Å². The highest BCUT2D eigenvalue weighted by Crippen LogP contribution is 2.31. The summed E-state index contributed by atoms with van der Waals surface area (Å²) < 4.78 is 0.765. The fourth-order valence-corrected chi connectivity index (χ4v) is 2.67. The van der Waals surface area contributed by atoms with Crippen LogP contribution in [0, 0.1) is 0 Å². The Balaban J connectivity index is 2.35. The zero-order chi connectivity index (χ0) is 13.3. The molecule has 0 bridgehead atoms. The second kappa shape index (κ2) is 5.36. The van der Waals surface area contributed by atoms with E-state index in [0.717, 1.165) is 10.0 Å². The Morgan fingerprint density at radius 2 is 2.28 bits per heavy atom. The van der Waals surface area contributed by atoms with Gasteiger partial charge in [0, 0.05) is 15.4 Å². The lowest BCUT2D eigenvalue weighted by molar-refractivity contribution is -0.138. The van der Waals surface area contributed by atoms with Crippen LogP contribution in [-0.2, 0) is 4.79 Å². The number of carboxylic acid groups (broad SMARTS) is 1. The van der Waals surface area contributed by atoms with Gasteiger partial charge in [-0.25, -0.2) is 4.98 Å². The number of benzene rings is 1. The van der Waals surface area contributed by atoms with Crippen molar-refractivity contribution in [3.8, 4) is 10.6 Å². The SMILES string of the molecule is NC(C(=O)O)c1csc(-c2ccc(Cl)c(Br)c2)n1. The molecule has 0 saturated carbocycles. The number of rotatable bonds is 3. The molecule has 0 amide bonds. The summed E-state index contributed by atoms with van der Waals surface area (Å²) in [6, 6.07) is 4.31. The highest BCUT2D eigenvalue weighted by Gasteiger charge is 2.18. The molecule has 0 saturated heterocycles. The lowest BCUT2D eigenvalue weighted by Gasteiger charge is -2.01. The molecule has 0 aliphatic heterocycles. The first kappa shape index (κ1) is 13.5. The Bertz CT molecular complexity index is 602. The van der Waals surface area contributed by atoms with Gasteiger partial charge in [0.25, 0.3) is 0 Å². The minimum atomic E-state index is -1.09. The second-order valence-corrected chi connectivity index (χ2v) is 5.64. The van der Waals surface area contributed by atoms with E-state index in [-0.39, 0.29) is 0 Å². The van der Waals surface area contributed by atoms with E-state index < -0.39 is 12.0 Å². The smallest absolute Gasteiger partial charge is 0.326 e. The fourth-order valence-electron chi connectivity index (χ4n) is 1.32. The summed E-state index contributed by atoms with van der Waals surface area (Å²) in [7, 11) is 0. The van der Waals surface area contributed by atoms with Crippen LogP contribution in [0.4, 0.5) is 0 Å². The normalized spacial score (nSPS) is 12.4. The van der Waals surface area contributed by atoms with Crippen LogP contribution in [-0.4, -0.2) is 16.1 Å². The van der Waals surface area contributed by atoms with E-state index in [0.29, 0.717) is 15.7 Å². The Morgan fingerprint density at radius 1 is 1.56 bits per heavy atom. The maximum absolute atomic E-state index is 10.8. The summed E-state index contributed by atoms with van der Waals surface area (Å²) in [6.45, 7) is 0. The molecule has 0 radical (unpaired) electrons. The molecular formula is C11H8BrClN2O2S. The molecule has 3 N–H and O–H groups in total. The molecule has 1 atom stereocenters. The van der Waals surface area contributed by atoms with Crippen molar-refractivity contribution in [3.05, 3.63) is 38.8 Å². The van der Waals surface area contributed by atoms with Gasteiger partial charge in [-0.2, -0.15) is 0 Å². The van der Waals surface area contributed by atoms with Gasteiger partial charge < -0.3 is 10.8 Å². The molecule has 1 aromatic heterocycles. The van der Waals surface area contributed by atoms with E-state index in [4.69, 9.17) is 22.4 Å². The lowest BCUT2D eigenvalue weighted by Crippen LogP contribution is -2.20. The molecule has 18 heavy (non-hydrogen) atoms. The molecule has 4 nitrogen and oxygen atoms in total. The van der Waals surface area contributed by atoms with E-state index in [1.54, 1.807) is 11.4 Å². The van der Waals surface area contributed by atoms with Gasteiger partial charge in [-0.15, -0.1) is 11.3 Å². The molecule has 0 aliphatic rings. The topological polar surface area (TPSA) is 76.2 Å². The van der Waals surface area contributed by atoms with E-state index in [2.05, 4.69) is 20.9 Å². The van der Waals surface area contributed by atoms with Gasteiger partial charge in [0.05, 0.1) is 10.7 Å². The van der Waals surface area contributed by atoms with Gasteiger partial charge in [0.15, 0.2) is 0 Å². The van der Waals surface area contributed by atoms with Gasteiger partial charge in [0.2, 0.25) is 0 Å². The van der Waals surface area contributed by atoms with Crippen LogP contribution in [0.3, 0.4) is 0 Å².